The molecule has 0 aliphatic carbocycles. The van der Waals surface area contributed by atoms with Gasteiger partial charge in [0.1, 0.15) is 5.82 Å². The predicted molar refractivity (Wildman–Crippen MR) is 75.9 cm³/mol. The van der Waals surface area contributed by atoms with E-state index in [9.17, 15) is 4.39 Å². The lowest BCUT2D eigenvalue weighted by atomic mass is 9.98. The van der Waals surface area contributed by atoms with Crippen LogP contribution in [0, 0.1) is 12.7 Å². The highest BCUT2D eigenvalue weighted by Crippen LogP contribution is 2.28. The number of hydrogen-bond acceptors (Lipinski definition) is 2. The fourth-order valence-electron chi connectivity index (χ4n) is 2.13. The van der Waals surface area contributed by atoms with Crippen LogP contribution in [-0.4, -0.2) is 11.5 Å². The third-order valence-corrected chi connectivity index (χ3v) is 3.33. The monoisotopic (exact) mass is 278 g/mol. The fourth-order valence-corrected chi connectivity index (χ4v) is 2.36. The van der Waals surface area contributed by atoms with Gasteiger partial charge in [-0.15, -0.1) is 0 Å². The van der Waals surface area contributed by atoms with Gasteiger partial charge in [0, 0.05) is 6.20 Å². The smallest absolute Gasteiger partial charge is 0.123 e. The van der Waals surface area contributed by atoms with Gasteiger partial charge < -0.3 is 5.32 Å². The number of pyridine rings is 1. The summed E-state index contributed by atoms with van der Waals surface area (Å²) >= 11 is 6.21. The molecular formula is C15H16ClFN2. The summed E-state index contributed by atoms with van der Waals surface area (Å²) in [5.74, 6) is -0.233. The summed E-state index contributed by atoms with van der Waals surface area (Å²) in [5, 5.41) is 3.96. The van der Waals surface area contributed by atoms with Crippen molar-refractivity contribution in [3.8, 4) is 0 Å². The first-order valence-electron chi connectivity index (χ1n) is 6.23. The summed E-state index contributed by atoms with van der Waals surface area (Å²) in [6.07, 6.45) is 1.71. The molecule has 0 aliphatic heterocycles. The number of rotatable bonds is 4. The van der Waals surface area contributed by atoms with Gasteiger partial charge in [-0.1, -0.05) is 24.6 Å². The molecule has 2 rings (SSSR count). The van der Waals surface area contributed by atoms with Crippen molar-refractivity contribution < 1.29 is 4.39 Å². The van der Waals surface area contributed by atoms with Crippen molar-refractivity contribution in [2.75, 3.05) is 6.54 Å². The van der Waals surface area contributed by atoms with E-state index in [4.69, 9.17) is 11.6 Å². The largest absolute Gasteiger partial charge is 0.305 e. The molecule has 1 aromatic carbocycles. The van der Waals surface area contributed by atoms with E-state index >= 15 is 0 Å². The maximum atomic E-state index is 13.2. The van der Waals surface area contributed by atoms with Crippen molar-refractivity contribution in [3.05, 3.63) is 64.2 Å². The highest BCUT2D eigenvalue weighted by Gasteiger charge is 2.19. The van der Waals surface area contributed by atoms with Crippen LogP contribution in [0.25, 0.3) is 0 Å². The summed E-state index contributed by atoms with van der Waals surface area (Å²) in [4.78, 5) is 4.35. The Bertz CT molecular complexity index is 572. The molecule has 0 fully saturated rings. The van der Waals surface area contributed by atoms with Crippen molar-refractivity contribution in [3.63, 3.8) is 0 Å². The minimum atomic E-state index is -0.233. The van der Waals surface area contributed by atoms with E-state index in [1.54, 1.807) is 18.3 Å². The average Bonchev–Trinajstić information content (AvgIpc) is 2.38. The third-order valence-electron chi connectivity index (χ3n) is 3.01. The van der Waals surface area contributed by atoms with Crippen molar-refractivity contribution in [1.82, 2.24) is 10.3 Å². The Balaban J connectivity index is 2.48. The van der Waals surface area contributed by atoms with E-state index in [1.165, 1.54) is 12.1 Å². The lowest BCUT2D eigenvalue weighted by Gasteiger charge is -2.20. The van der Waals surface area contributed by atoms with E-state index in [-0.39, 0.29) is 11.9 Å². The van der Waals surface area contributed by atoms with Gasteiger partial charge >= 0.3 is 0 Å². The van der Waals surface area contributed by atoms with Crippen LogP contribution in [0.2, 0.25) is 5.02 Å². The van der Waals surface area contributed by atoms with Crippen LogP contribution in [0.15, 0.2) is 36.5 Å². The summed E-state index contributed by atoms with van der Waals surface area (Å²) in [6.45, 7) is 4.68. The van der Waals surface area contributed by atoms with Crippen molar-refractivity contribution in [2.45, 2.75) is 19.9 Å². The quantitative estimate of drug-likeness (QED) is 0.918. The normalized spacial score (nSPS) is 12.4. The number of hydrogen-bond donors (Lipinski definition) is 1. The van der Waals surface area contributed by atoms with Crippen LogP contribution in [0.1, 0.15) is 29.8 Å². The van der Waals surface area contributed by atoms with Crippen LogP contribution >= 0.6 is 11.6 Å². The minimum absolute atomic E-state index is 0.126. The standard InChI is InChI=1S/C15H16ClFN2/c1-3-18-14(15-13(16)5-4-8-19-15)12-7-6-11(17)9-10(12)2/h4-9,14,18H,3H2,1-2H3. The highest BCUT2D eigenvalue weighted by atomic mass is 35.5. The molecule has 2 nitrogen and oxygen atoms in total. The Hall–Kier alpha value is -1.45. The van der Waals surface area contributed by atoms with Crippen molar-refractivity contribution in [1.29, 1.82) is 0 Å². The molecule has 100 valence electrons. The number of aromatic nitrogens is 1. The second-order valence-electron chi connectivity index (χ2n) is 4.36. The Morgan fingerprint density at radius 3 is 2.79 bits per heavy atom. The van der Waals surface area contributed by atoms with E-state index in [0.29, 0.717) is 5.02 Å². The van der Waals surface area contributed by atoms with E-state index < -0.39 is 0 Å². The first-order valence-corrected chi connectivity index (χ1v) is 6.61. The number of benzene rings is 1. The van der Waals surface area contributed by atoms with Crippen LogP contribution in [0.5, 0.6) is 0 Å². The van der Waals surface area contributed by atoms with Crippen molar-refractivity contribution in [2.24, 2.45) is 0 Å². The van der Waals surface area contributed by atoms with Gasteiger partial charge in [-0.2, -0.15) is 0 Å². The van der Waals surface area contributed by atoms with Gasteiger partial charge in [-0.3, -0.25) is 4.98 Å². The van der Waals surface area contributed by atoms with Gasteiger partial charge in [-0.25, -0.2) is 4.39 Å². The summed E-state index contributed by atoms with van der Waals surface area (Å²) in [6, 6.07) is 8.25. The molecule has 0 saturated heterocycles. The molecule has 0 saturated carbocycles. The topological polar surface area (TPSA) is 24.9 Å². The molecule has 2 aromatic rings. The zero-order valence-corrected chi connectivity index (χ0v) is 11.7. The second-order valence-corrected chi connectivity index (χ2v) is 4.77. The highest BCUT2D eigenvalue weighted by molar-refractivity contribution is 6.31. The van der Waals surface area contributed by atoms with Crippen LogP contribution < -0.4 is 5.32 Å². The van der Waals surface area contributed by atoms with Gasteiger partial charge in [0.15, 0.2) is 0 Å². The van der Waals surface area contributed by atoms with E-state index in [2.05, 4.69) is 10.3 Å². The molecule has 1 N–H and O–H groups in total. The first-order chi connectivity index (χ1) is 9.13. The molecule has 0 radical (unpaired) electrons. The first kappa shape index (κ1) is 14.0. The number of nitrogens with zero attached hydrogens (tertiary/aromatic N) is 1. The van der Waals surface area contributed by atoms with Gasteiger partial charge in [0.2, 0.25) is 0 Å². The van der Waals surface area contributed by atoms with Gasteiger partial charge in [-0.05, 0) is 48.9 Å². The molecule has 0 amide bonds. The van der Waals surface area contributed by atoms with E-state index in [1.807, 2.05) is 19.9 Å². The minimum Gasteiger partial charge on any atom is -0.305 e. The Morgan fingerprint density at radius 1 is 1.37 bits per heavy atom. The van der Waals surface area contributed by atoms with Gasteiger partial charge in [0.05, 0.1) is 16.8 Å². The molecule has 4 heteroatoms. The number of nitrogens with one attached hydrogen (secondary N) is 1. The fraction of sp³-hybridized carbons (Fsp3) is 0.267. The second kappa shape index (κ2) is 6.13. The van der Waals surface area contributed by atoms with Gasteiger partial charge in [0.25, 0.3) is 0 Å². The molecular weight excluding hydrogens is 263 g/mol. The summed E-state index contributed by atoms with van der Waals surface area (Å²) < 4.78 is 13.2. The zero-order valence-electron chi connectivity index (χ0n) is 11.0. The molecule has 1 unspecified atom stereocenters. The third kappa shape index (κ3) is 3.11. The Labute approximate surface area is 117 Å². The van der Waals surface area contributed by atoms with Crippen LogP contribution in [0.4, 0.5) is 4.39 Å². The molecule has 19 heavy (non-hydrogen) atoms. The molecule has 1 aromatic heterocycles. The maximum absolute atomic E-state index is 13.2. The molecule has 1 heterocycles. The van der Waals surface area contributed by atoms with Crippen LogP contribution in [-0.2, 0) is 0 Å². The average molecular weight is 279 g/mol. The predicted octanol–water partition coefficient (Wildman–Crippen LogP) is 3.88. The number of halogens is 2. The summed E-state index contributed by atoms with van der Waals surface area (Å²) in [5.41, 5.74) is 2.64. The molecule has 1 atom stereocenters. The van der Waals surface area contributed by atoms with E-state index in [0.717, 1.165) is 23.4 Å². The lowest BCUT2D eigenvalue weighted by Crippen LogP contribution is -2.24. The maximum Gasteiger partial charge on any atom is 0.123 e. The van der Waals surface area contributed by atoms with Crippen LogP contribution in [0.3, 0.4) is 0 Å². The molecule has 0 bridgehead atoms. The number of aryl methyl sites for hydroxylation is 1. The molecule has 0 aliphatic rings. The Morgan fingerprint density at radius 2 is 2.16 bits per heavy atom. The zero-order chi connectivity index (χ0) is 13.8. The summed E-state index contributed by atoms with van der Waals surface area (Å²) in [7, 11) is 0. The molecule has 0 spiro atoms. The lowest BCUT2D eigenvalue weighted by molar-refractivity contribution is 0.601. The van der Waals surface area contributed by atoms with Crippen molar-refractivity contribution >= 4 is 11.6 Å². The Kier molecular flexibility index (Phi) is 4.51. The SMILES string of the molecule is CCNC(c1ccc(F)cc1C)c1ncccc1Cl.